The van der Waals surface area contributed by atoms with Crippen LogP contribution in [-0.2, 0) is 52.5 Å². The van der Waals surface area contributed by atoms with Gasteiger partial charge in [-0.3, -0.25) is 24.0 Å². The summed E-state index contributed by atoms with van der Waals surface area (Å²) in [5, 5.41) is 0. The summed E-state index contributed by atoms with van der Waals surface area (Å²) in [6.07, 6.45) is -4.55. The highest BCUT2D eigenvalue weighted by Gasteiger charge is 2.55. The quantitative estimate of drug-likeness (QED) is 0.162. The summed E-state index contributed by atoms with van der Waals surface area (Å²) in [6, 6.07) is 11.1. The van der Waals surface area contributed by atoms with Crippen LogP contribution in [0, 0.1) is 0 Å². The predicted molar refractivity (Wildman–Crippen MR) is 152 cm³/mol. The van der Waals surface area contributed by atoms with Gasteiger partial charge in [-0.15, -0.1) is 0 Å². The van der Waals surface area contributed by atoms with Crippen LogP contribution in [0.4, 0.5) is 0 Å². The molecule has 45 heavy (non-hydrogen) atoms. The van der Waals surface area contributed by atoms with Crippen LogP contribution in [0.1, 0.15) is 45.7 Å². The van der Waals surface area contributed by atoms with Crippen LogP contribution in [0.25, 0.3) is 12.2 Å². The Bertz CT molecular complexity index is 1460. The van der Waals surface area contributed by atoms with Crippen molar-refractivity contribution in [2.75, 3.05) is 7.11 Å². The molecule has 1 fully saturated rings. The Balaban J connectivity index is 2.02. The van der Waals surface area contributed by atoms with Gasteiger partial charge in [0.2, 0.25) is 12.4 Å². The zero-order chi connectivity index (χ0) is 33.3. The van der Waals surface area contributed by atoms with Crippen molar-refractivity contribution in [3.05, 3.63) is 53.6 Å². The van der Waals surface area contributed by atoms with E-state index in [2.05, 4.69) is 0 Å². The van der Waals surface area contributed by atoms with Gasteiger partial charge in [-0.05, 0) is 35.4 Å². The third-order valence-corrected chi connectivity index (χ3v) is 5.86. The van der Waals surface area contributed by atoms with Gasteiger partial charge in [0.15, 0.2) is 18.3 Å². The molecular weight excluding hydrogens is 596 g/mol. The molecule has 0 aliphatic carbocycles. The molecule has 1 unspecified atom stereocenters. The highest BCUT2D eigenvalue weighted by molar-refractivity contribution is 5.77. The molecule has 14 nitrogen and oxygen atoms in total. The summed E-state index contributed by atoms with van der Waals surface area (Å²) >= 11 is 0. The van der Waals surface area contributed by atoms with E-state index in [0.29, 0.717) is 11.3 Å². The molecule has 0 radical (unpaired) electrons. The highest BCUT2D eigenvalue weighted by Crippen LogP contribution is 2.33. The molecule has 1 aliphatic rings. The van der Waals surface area contributed by atoms with E-state index in [0.717, 1.165) is 33.4 Å². The Morgan fingerprint density at radius 2 is 1.11 bits per heavy atom. The first-order chi connectivity index (χ1) is 21.2. The average molecular weight is 629 g/mol. The van der Waals surface area contributed by atoms with Crippen molar-refractivity contribution < 1.29 is 66.7 Å². The van der Waals surface area contributed by atoms with Crippen molar-refractivity contribution in [3.63, 3.8) is 0 Å². The van der Waals surface area contributed by atoms with Crippen LogP contribution >= 0.6 is 0 Å². The first-order valence-corrected chi connectivity index (χ1v) is 13.5. The van der Waals surface area contributed by atoms with Gasteiger partial charge in [0.25, 0.3) is 0 Å². The topological polar surface area (TPSA) is 176 Å². The number of ether oxygens (including phenoxy) is 8. The van der Waals surface area contributed by atoms with Gasteiger partial charge >= 0.3 is 35.8 Å². The number of rotatable bonds is 10. The van der Waals surface area contributed by atoms with Gasteiger partial charge in [0.1, 0.15) is 17.2 Å². The molecule has 2 aromatic carbocycles. The summed E-state index contributed by atoms with van der Waals surface area (Å²) in [5.41, 5.74) is 1.21. The third kappa shape index (κ3) is 10.2. The maximum absolute atomic E-state index is 12.7. The molecule has 0 amide bonds. The van der Waals surface area contributed by atoms with Crippen LogP contribution in [0.15, 0.2) is 42.5 Å². The Kier molecular flexibility index (Phi) is 11.8. The number of hydrogen-bond donors (Lipinski definition) is 0. The van der Waals surface area contributed by atoms with E-state index in [4.69, 9.17) is 37.9 Å². The highest BCUT2D eigenvalue weighted by atomic mass is 16.7. The molecule has 2 aromatic rings. The van der Waals surface area contributed by atoms with E-state index < -0.39 is 66.5 Å². The molecule has 240 valence electrons. The van der Waals surface area contributed by atoms with Crippen molar-refractivity contribution in [1.29, 1.82) is 0 Å². The molecule has 1 saturated heterocycles. The maximum atomic E-state index is 12.7. The zero-order valence-corrected chi connectivity index (χ0v) is 25.3. The lowest BCUT2D eigenvalue weighted by Crippen LogP contribution is -2.64. The normalized spacial score (nSPS) is 20.8. The predicted octanol–water partition coefficient (Wildman–Crippen LogP) is 2.78. The Morgan fingerprint density at radius 3 is 1.67 bits per heavy atom. The fourth-order valence-electron chi connectivity index (χ4n) is 4.30. The van der Waals surface area contributed by atoms with E-state index in [1.165, 1.54) is 26.0 Å². The second kappa shape index (κ2) is 15.5. The number of benzene rings is 2. The van der Waals surface area contributed by atoms with Gasteiger partial charge in [0.05, 0.1) is 7.11 Å². The van der Waals surface area contributed by atoms with E-state index in [1.54, 1.807) is 42.5 Å². The number of hydrogen-bond acceptors (Lipinski definition) is 14. The van der Waals surface area contributed by atoms with Crippen LogP contribution in [0.2, 0.25) is 0 Å². The standard InChI is InChI=1S/C31H32O14/c1-16(32)39-23-11-9-21(10-12-23)7-8-22-13-24(40-17(2)33)15-25(14-22)44-31-29(43-20(5)36)27(42-19(4)35)26(41-18(3)34)28(45-31)30(37)38-6/h7-15,26-29,31H,1-6H3/t26-,27+,28?,29+,31-/m1/s1. The van der Waals surface area contributed by atoms with Crippen LogP contribution < -0.4 is 14.2 Å². The first-order valence-electron chi connectivity index (χ1n) is 13.5. The summed E-state index contributed by atoms with van der Waals surface area (Å²) in [5.74, 6) is -4.12. The average Bonchev–Trinajstić information content (AvgIpc) is 2.93. The van der Waals surface area contributed by atoms with Gasteiger partial charge in [0, 0.05) is 40.7 Å². The maximum Gasteiger partial charge on any atom is 0.339 e. The number of methoxy groups -OCH3 is 1. The molecule has 3 rings (SSSR count). The molecular formula is C31H32O14. The fourth-order valence-corrected chi connectivity index (χ4v) is 4.30. The van der Waals surface area contributed by atoms with Crippen LogP contribution in [-0.4, -0.2) is 73.6 Å². The smallest absolute Gasteiger partial charge is 0.339 e. The number of carbonyl (C=O) groups is 6. The van der Waals surface area contributed by atoms with Crippen LogP contribution in [0.3, 0.4) is 0 Å². The summed E-state index contributed by atoms with van der Waals surface area (Å²) in [7, 11) is 1.07. The zero-order valence-electron chi connectivity index (χ0n) is 25.3. The molecule has 5 atom stereocenters. The van der Waals surface area contributed by atoms with Crippen molar-refractivity contribution in [3.8, 4) is 17.2 Å². The molecule has 14 heteroatoms. The van der Waals surface area contributed by atoms with Crippen molar-refractivity contribution in [2.45, 2.75) is 65.3 Å². The lowest BCUT2D eigenvalue weighted by molar-refractivity contribution is -0.282. The largest absolute Gasteiger partial charge is 0.467 e. The molecule has 0 saturated carbocycles. The Hall–Kier alpha value is -5.24. The van der Waals surface area contributed by atoms with Gasteiger partial charge in [-0.1, -0.05) is 24.3 Å². The molecule has 0 bridgehead atoms. The molecule has 1 aliphatic heterocycles. The second-order valence-corrected chi connectivity index (χ2v) is 9.62. The van der Waals surface area contributed by atoms with Crippen molar-refractivity contribution in [1.82, 2.24) is 0 Å². The third-order valence-electron chi connectivity index (χ3n) is 5.86. The minimum absolute atomic E-state index is 0.0249. The second-order valence-electron chi connectivity index (χ2n) is 9.62. The summed E-state index contributed by atoms with van der Waals surface area (Å²) < 4.78 is 42.9. The minimum Gasteiger partial charge on any atom is -0.467 e. The van der Waals surface area contributed by atoms with Gasteiger partial charge in [-0.25, -0.2) is 4.79 Å². The minimum atomic E-state index is -1.66. The van der Waals surface area contributed by atoms with E-state index in [-0.39, 0.29) is 11.5 Å². The summed E-state index contributed by atoms with van der Waals surface area (Å²) in [4.78, 5) is 71.7. The fraction of sp³-hybridized carbons (Fsp3) is 0.355. The molecule has 0 aromatic heterocycles. The molecule has 0 spiro atoms. The first kappa shape index (κ1) is 34.3. The van der Waals surface area contributed by atoms with Crippen molar-refractivity contribution >= 4 is 48.0 Å². The Labute approximate surface area is 258 Å². The van der Waals surface area contributed by atoms with Crippen molar-refractivity contribution in [2.24, 2.45) is 0 Å². The number of carbonyl (C=O) groups excluding carboxylic acids is 6. The van der Waals surface area contributed by atoms with Gasteiger partial charge < -0.3 is 37.9 Å². The van der Waals surface area contributed by atoms with Crippen LogP contribution in [0.5, 0.6) is 17.2 Å². The lowest BCUT2D eigenvalue weighted by atomic mass is 9.97. The Morgan fingerprint density at radius 1 is 0.600 bits per heavy atom. The summed E-state index contributed by atoms with van der Waals surface area (Å²) in [6.45, 7) is 5.71. The monoisotopic (exact) mass is 628 g/mol. The van der Waals surface area contributed by atoms with Gasteiger partial charge in [-0.2, -0.15) is 0 Å². The molecule has 0 N–H and O–H groups in total. The van der Waals surface area contributed by atoms with E-state index in [9.17, 15) is 28.8 Å². The number of esters is 6. The van der Waals surface area contributed by atoms with E-state index in [1.807, 2.05) is 0 Å². The SMILES string of the molecule is COC(=O)C1O[C@@H](Oc2cc(C=Cc3ccc(OC(C)=O)cc3)cc(OC(C)=O)c2)[C@@H](OC(C)=O)[C@@H](OC(C)=O)[C@H]1OC(C)=O. The molecule has 1 heterocycles. The van der Waals surface area contributed by atoms with E-state index >= 15 is 0 Å². The lowest BCUT2D eigenvalue weighted by Gasteiger charge is -2.43.